The Morgan fingerprint density at radius 3 is 3.00 bits per heavy atom. The molecule has 0 bridgehead atoms. The lowest BCUT2D eigenvalue weighted by molar-refractivity contribution is -0.128. The number of nitrogen functional groups attached to an aromatic ring is 1. The molecule has 3 heterocycles. The van der Waals surface area contributed by atoms with Crippen molar-refractivity contribution in [2.45, 2.75) is 19.4 Å². The van der Waals surface area contributed by atoms with Crippen LogP contribution >= 0.6 is 0 Å². The number of pyridine rings is 1. The highest BCUT2D eigenvalue weighted by Crippen LogP contribution is 2.38. The van der Waals surface area contributed by atoms with Gasteiger partial charge in [0.05, 0.1) is 5.41 Å². The van der Waals surface area contributed by atoms with Crippen LogP contribution in [0.3, 0.4) is 0 Å². The van der Waals surface area contributed by atoms with Gasteiger partial charge in [0.15, 0.2) is 0 Å². The standard InChI is InChI=1S/C13H16N4O2/c14-11-9(2-1-4-15-11)7-17-5-3-13(8-17)6-10(18)16-12(13)19/h1-2,4H,3,5-8H2,(H2,14,15)(H,16,18,19). The van der Waals surface area contributed by atoms with Gasteiger partial charge in [0.1, 0.15) is 5.82 Å². The summed E-state index contributed by atoms with van der Waals surface area (Å²) in [6.07, 6.45) is 2.70. The number of rotatable bonds is 2. The first-order chi connectivity index (χ1) is 9.09. The smallest absolute Gasteiger partial charge is 0.234 e. The number of nitrogens with zero attached hydrogens (tertiary/aromatic N) is 2. The van der Waals surface area contributed by atoms with Crippen molar-refractivity contribution in [3.05, 3.63) is 23.9 Å². The van der Waals surface area contributed by atoms with Crippen molar-refractivity contribution in [2.75, 3.05) is 18.8 Å². The van der Waals surface area contributed by atoms with E-state index in [9.17, 15) is 9.59 Å². The molecule has 3 rings (SSSR count). The second-order valence-corrected chi connectivity index (χ2v) is 5.34. The molecule has 1 unspecified atom stereocenters. The van der Waals surface area contributed by atoms with Crippen LogP contribution in [0.15, 0.2) is 18.3 Å². The lowest BCUT2D eigenvalue weighted by atomic mass is 9.85. The lowest BCUT2D eigenvalue weighted by Gasteiger charge is -2.20. The Morgan fingerprint density at radius 1 is 1.47 bits per heavy atom. The molecule has 3 N–H and O–H groups in total. The van der Waals surface area contributed by atoms with E-state index in [2.05, 4.69) is 15.2 Å². The molecule has 0 saturated carbocycles. The molecule has 0 aromatic carbocycles. The second kappa shape index (κ2) is 4.31. The number of imide groups is 1. The fraction of sp³-hybridized carbons (Fsp3) is 0.462. The predicted molar refractivity (Wildman–Crippen MR) is 68.7 cm³/mol. The molecule has 1 aromatic rings. The molecule has 100 valence electrons. The number of anilines is 1. The van der Waals surface area contributed by atoms with E-state index in [1.807, 2.05) is 12.1 Å². The van der Waals surface area contributed by atoms with E-state index in [1.165, 1.54) is 0 Å². The fourth-order valence-electron chi connectivity index (χ4n) is 2.94. The van der Waals surface area contributed by atoms with Crippen molar-refractivity contribution in [3.8, 4) is 0 Å². The minimum atomic E-state index is -0.520. The molecule has 2 aliphatic heterocycles. The highest BCUT2D eigenvalue weighted by molar-refractivity contribution is 6.06. The maximum Gasteiger partial charge on any atom is 0.234 e. The van der Waals surface area contributed by atoms with Crippen molar-refractivity contribution < 1.29 is 9.59 Å². The molecule has 19 heavy (non-hydrogen) atoms. The number of aromatic nitrogens is 1. The Kier molecular flexibility index (Phi) is 2.74. The summed E-state index contributed by atoms with van der Waals surface area (Å²) in [5.41, 5.74) is 6.26. The number of carbonyl (C=O) groups excluding carboxylic acids is 2. The molecule has 2 amide bonds. The molecule has 1 spiro atoms. The number of hydrogen-bond acceptors (Lipinski definition) is 5. The number of nitrogens with two attached hydrogens (primary N) is 1. The molecule has 1 aromatic heterocycles. The highest BCUT2D eigenvalue weighted by Gasteiger charge is 2.50. The SMILES string of the molecule is Nc1ncccc1CN1CCC2(CC(=O)NC2=O)C1. The predicted octanol–water partition coefficient (Wildman–Crippen LogP) is -0.0976. The molecule has 2 fully saturated rings. The van der Waals surface area contributed by atoms with E-state index in [1.54, 1.807) is 6.20 Å². The van der Waals surface area contributed by atoms with Crippen molar-refractivity contribution in [1.82, 2.24) is 15.2 Å². The van der Waals surface area contributed by atoms with Crippen LogP contribution in [0, 0.1) is 5.41 Å². The van der Waals surface area contributed by atoms with Crippen molar-refractivity contribution in [2.24, 2.45) is 5.41 Å². The van der Waals surface area contributed by atoms with Crippen molar-refractivity contribution in [3.63, 3.8) is 0 Å². The van der Waals surface area contributed by atoms with E-state index in [0.717, 1.165) is 18.5 Å². The van der Waals surface area contributed by atoms with Gasteiger partial charge in [-0.2, -0.15) is 0 Å². The van der Waals surface area contributed by atoms with Gasteiger partial charge in [-0.25, -0.2) is 4.98 Å². The maximum atomic E-state index is 11.9. The molecule has 1 atom stereocenters. The molecule has 0 aliphatic carbocycles. The summed E-state index contributed by atoms with van der Waals surface area (Å²) >= 11 is 0. The maximum absolute atomic E-state index is 11.9. The van der Waals surface area contributed by atoms with Crippen LogP contribution in [0.25, 0.3) is 0 Å². The normalized spacial score (nSPS) is 27.2. The van der Waals surface area contributed by atoms with E-state index in [-0.39, 0.29) is 11.8 Å². The number of likely N-dealkylation sites (tertiary alicyclic amines) is 1. The first-order valence-corrected chi connectivity index (χ1v) is 6.35. The first kappa shape index (κ1) is 12.1. The van der Waals surface area contributed by atoms with Gasteiger partial charge < -0.3 is 5.73 Å². The van der Waals surface area contributed by atoms with E-state index in [0.29, 0.717) is 25.3 Å². The lowest BCUT2D eigenvalue weighted by Crippen LogP contribution is -2.34. The zero-order valence-corrected chi connectivity index (χ0v) is 10.6. The average Bonchev–Trinajstić information content (AvgIpc) is 2.88. The molecule has 6 nitrogen and oxygen atoms in total. The monoisotopic (exact) mass is 260 g/mol. The molecule has 0 radical (unpaired) electrons. The van der Waals surface area contributed by atoms with Gasteiger partial charge in [-0.05, 0) is 19.0 Å². The first-order valence-electron chi connectivity index (χ1n) is 6.35. The van der Waals surface area contributed by atoms with Crippen LogP contribution in [0.5, 0.6) is 0 Å². The molecule has 6 heteroatoms. The number of carbonyl (C=O) groups is 2. The number of amides is 2. The largest absolute Gasteiger partial charge is 0.383 e. The van der Waals surface area contributed by atoms with Crippen LogP contribution in [0.4, 0.5) is 5.82 Å². The topological polar surface area (TPSA) is 88.3 Å². The highest BCUT2D eigenvalue weighted by atomic mass is 16.2. The number of nitrogens with one attached hydrogen (secondary N) is 1. The van der Waals surface area contributed by atoms with Gasteiger partial charge >= 0.3 is 0 Å². The van der Waals surface area contributed by atoms with Gasteiger partial charge in [0.2, 0.25) is 11.8 Å². The van der Waals surface area contributed by atoms with Crippen molar-refractivity contribution in [1.29, 1.82) is 0 Å². The van der Waals surface area contributed by atoms with Crippen LogP contribution in [0.1, 0.15) is 18.4 Å². The Balaban J connectivity index is 1.72. The van der Waals surface area contributed by atoms with Gasteiger partial charge in [0.25, 0.3) is 0 Å². The Morgan fingerprint density at radius 2 is 2.32 bits per heavy atom. The van der Waals surface area contributed by atoms with Crippen molar-refractivity contribution >= 4 is 17.6 Å². The summed E-state index contributed by atoms with van der Waals surface area (Å²) in [5.74, 6) is 0.238. The molecule has 2 saturated heterocycles. The zero-order valence-electron chi connectivity index (χ0n) is 10.6. The van der Waals surface area contributed by atoms with Crippen LogP contribution in [-0.4, -0.2) is 34.8 Å². The Labute approximate surface area is 111 Å². The van der Waals surface area contributed by atoms with Gasteiger partial charge in [-0.3, -0.25) is 19.8 Å². The second-order valence-electron chi connectivity index (χ2n) is 5.34. The third-order valence-electron chi connectivity index (χ3n) is 3.99. The van der Waals surface area contributed by atoms with Gasteiger partial charge in [-0.15, -0.1) is 0 Å². The molecular formula is C13H16N4O2. The third kappa shape index (κ3) is 2.08. The average molecular weight is 260 g/mol. The summed E-state index contributed by atoms with van der Waals surface area (Å²) in [5, 5.41) is 2.40. The van der Waals surface area contributed by atoms with Gasteiger partial charge in [0, 0.05) is 31.3 Å². The zero-order chi connectivity index (χ0) is 13.5. The quantitative estimate of drug-likeness (QED) is 0.725. The Hall–Kier alpha value is -1.95. The van der Waals surface area contributed by atoms with Crippen LogP contribution < -0.4 is 11.1 Å². The van der Waals surface area contributed by atoms with E-state index < -0.39 is 5.41 Å². The van der Waals surface area contributed by atoms with E-state index in [4.69, 9.17) is 5.73 Å². The summed E-state index contributed by atoms with van der Waals surface area (Å²) in [6, 6.07) is 3.79. The number of hydrogen-bond donors (Lipinski definition) is 2. The van der Waals surface area contributed by atoms with Gasteiger partial charge in [-0.1, -0.05) is 6.07 Å². The minimum Gasteiger partial charge on any atom is -0.383 e. The third-order valence-corrected chi connectivity index (χ3v) is 3.99. The summed E-state index contributed by atoms with van der Waals surface area (Å²) in [4.78, 5) is 29.4. The molecule has 2 aliphatic rings. The van der Waals surface area contributed by atoms with Crippen LogP contribution in [-0.2, 0) is 16.1 Å². The van der Waals surface area contributed by atoms with Crippen LogP contribution in [0.2, 0.25) is 0 Å². The Bertz CT molecular complexity index is 545. The fourth-order valence-corrected chi connectivity index (χ4v) is 2.94. The molecular weight excluding hydrogens is 244 g/mol. The summed E-state index contributed by atoms with van der Waals surface area (Å²) in [6.45, 7) is 2.08. The minimum absolute atomic E-state index is 0.126. The summed E-state index contributed by atoms with van der Waals surface area (Å²) < 4.78 is 0. The van der Waals surface area contributed by atoms with E-state index >= 15 is 0 Å². The summed E-state index contributed by atoms with van der Waals surface area (Å²) in [7, 11) is 0.